The Morgan fingerprint density at radius 3 is 1.55 bits per heavy atom. The van der Waals surface area contributed by atoms with Crippen molar-refractivity contribution in [1.29, 1.82) is 0 Å². The van der Waals surface area contributed by atoms with Gasteiger partial charge in [0.25, 0.3) is 0 Å². The van der Waals surface area contributed by atoms with Crippen molar-refractivity contribution >= 4 is 16.9 Å². The number of nitrogens with zero attached hydrogens (tertiary/aromatic N) is 1. The van der Waals surface area contributed by atoms with Crippen LogP contribution in [0.3, 0.4) is 0 Å². The Hall–Kier alpha value is -4.75. The van der Waals surface area contributed by atoms with E-state index in [0.717, 1.165) is 33.7 Å². The molecule has 0 saturated heterocycles. The van der Waals surface area contributed by atoms with Crippen LogP contribution in [0.2, 0.25) is 0 Å². The lowest BCUT2D eigenvalue weighted by Crippen LogP contribution is -2.29. The van der Waals surface area contributed by atoms with Gasteiger partial charge in [0, 0.05) is 11.3 Å². The first-order valence-electron chi connectivity index (χ1n) is 13.0. The molecule has 6 rings (SSSR count). The first kappa shape index (κ1) is 23.6. The number of rotatable bonds is 6. The van der Waals surface area contributed by atoms with Crippen molar-refractivity contribution in [3.8, 4) is 0 Å². The Morgan fingerprint density at radius 1 is 0.553 bits per heavy atom. The van der Waals surface area contributed by atoms with Crippen molar-refractivity contribution in [3.63, 3.8) is 0 Å². The minimum Gasteiger partial charge on any atom is -0.255 e. The molecule has 0 radical (unpaired) electrons. The molecule has 1 aliphatic carbocycles. The summed E-state index contributed by atoms with van der Waals surface area (Å²) in [5, 5.41) is 0. The Balaban J connectivity index is 1.76. The lowest BCUT2D eigenvalue weighted by Gasteiger charge is -2.34. The van der Waals surface area contributed by atoms with E-state index in [1.807, 2.05) is 12.1 Å². The molecule has 5 aromatic rings. The van der Waals surface area contributed by atoms with Gasteiger partial charge in [0.05, 0.1) is 11.1 Å². The van der Waals surface area contributed by atoms with Gasteiger partial charge < -0.3 is 0 Å². The number of aliphatic imine (C=N–C) groups is 1. The monoisotopic (exact) mass is 487 g/mol. The highest BCUT2D eigenvalue weighted by molar-refractivity contribution is 6.11. The molecular weight excluding hydrogens is 458 g/mol. The van der Waals surface area contributed by atoms with Gasteiger partial charge in [-0.25, -0.2) is 0 Å². The molecule has 0 spiro atoms. The summed E-state index contributed by atoms with van der Waals surface area (Å²) in [7, 11) is 0. The first-order valence-corrected chi connectivity index (χ1v) is 13.0. The molecule has 0 saturated carbocycles. The van der Waals surface area contributed by atoms with E-state index in [1.54, 1.807) is 0 Å². The third-order valence-electron chi connectivity index (χ3n) is 7.50. The second-order valence-corrected chi connectivity index (χ2v) is 9.66. The Labute approximate surface area is 225 Å². The second kappa shape index (κ2) is 9.95. The van der Waals surface area contributed by atoms with Gasteiger partial charge >= 0.3 is 0 Å². The Bertz CT molecular complexity index is 1600. The lowest BCUT2D eigenvalue weighted by atomic mass is 9.69. The highest BCUT2D eigenvalue weighted by Gasteiger charge is 2.48. The van der Waals surface area contributed by atoms with Crippen LogP contribution in [-0.4, -0.2) is 5.71 Å². The highest BCUT2D eigenvalue weighted by atomic mass is 14.8. The SMILES string of the molecule is C=C(C1=C(/N=C(\C)c2ccccc2)C(c2ccccc2)(c2ccccc2)c2ccccc21)c1ccccc1. The topological polar surface area (TPSA) is 12.4 Å². The fraction of sp³-hybridized carbons (Fsp3) is 0.0541. The van der Waals surface area contributed by atoms with Crippen LogP contribution in [0.15, 0.2) is 163 Å². The average molecular weight is 488 g/mol. The number of hydrogen-bond donors (Lipinski definition) is 0. The summed E-state index contributed by atoms with van der Waals surface area (Å²) in [6.45, 7) is 6.77. The molecule has 0 N–H and O–H groups in total. The van der Waals surface area contributed by atoms with Crippen LogP contribution in [0.5, 0.6) is 0 Å². The van der Waals surface area contributed by atoms with Crippen LogP contribution in [-0.2, 0) is 5.41 Å². The van der Waals surface area contributed by atoms with Crippen LogP contribution in [0.1, 0.15) is 40.3 Å². The molecule has 0 aromatic heterocycles. The van der Waals surface area contributed by atoms with Crippen molar-refractivity contribution < 1.29 is 0 Å². The zero-order chi connectivity index (χ0) is 26.0. The van der Waals surface area contributed by atoms with E-state index in [4.69, 9.17) is 4.99 Å². The molecule has 0 atom stereocenters. The molecule has 182 valence electrons. The van der Waals surface area contributed by atoms with Gasteiger partial charge in [-0.15, -0.1) is 0 Å². The van der Waals surface area contributed by atoms with Crippen LogP contribution in [0.4, 0.5) is 0 Å². The van der Waals surface area contributed by atoms with Crippen LogP contribution in [0, 0.1) is 0 Å². The lowest BCUT2D eigenvalue weighted by molar-refractivity contribution is 0.734. The fourth-order valence-corrected chi connectivity index (χ4v) is 5.74. The molecule has 1 heteroatoms. The third kappa shape index (κ3) is 3.84. The van der Waals surface area contributed by atoms with Crippen LogP contribution >= 0.6 is 0 Å². The maximum Gasteiger partial charge on any atom is 0.0886 e. The summed E-state index contributed by atoms with van der Waals surface area (Å²) in [4.78, 5) is 5.53. The van der Waals surface area contributed by atoms with Crippen LogP contribution < -0.4 is 0 Å². The van der Waals surface area contributed by atoms with Gasteiger partial charge in [-0.05, 0) is 45.9 Å². The van der Waals surface area contributed by atoms with Gasteiger partial charge in [-0.3, -0.25) is 4.99 Å². The summed E-state index contributed by atoms with van der Waals surface area (Å²) in [6.07, 6.45) is 0. The van der Waals surface area contributed by atoms with Crippen molar-refractivity contribution in [2.24, 2.45) is 4.99 Å². The molecule has 0 aliphatic heterocycles. The Morgan fingerprint density at radius 2 is 1.00 bits per heavy atom. The molecule has 5 aromatic carbocycles. The van der Waals surface area contributed by atoms with E-state index in [-0.39, 0.29) is 0 Å². The van der Waals surface area contributed by atoms with Crippen molar-refractivity contribution in [2.45, 2.75) is 12.3 Å². The zero-order valence-corrected chi connectivity index (χ0v) is 21.5. The molecule has 0 bridgehead atoms. The molecule has 0 unspecified atom stereocenters. The molecule has 1 aliphatic rings. The largest absolute Gasteiger partial charge is 0.255 e. The van der Waals surface area contributed by atoms with E-state index >= 15 is 0 Å². The number of fused-ring (bicyclic) bond motifs is 1. The third-order valence-corrected chi connectivity index (χ3v) is 7.50. The quantitative estimate of drug-likeness (QED) is 0.212. The summed E-state index contributed by atoms with van der Waals surface area (Å²) >= 11 is 0. The van der Waals surface area contributed by atoms with Gasteiger partial charge in [0.2, 0.25) is 0 Å². The predicted octanol–water partition coefficient (Wildman–Crippen LogP) is 8.97. The zero-order valence-electron chi connectivity index (χ0n) is 21.5. The van der Waals surface area contributed by atoms with E-state index in [9.17, 15) is 0 Å². The maximum atomic E-state index is 5.53. The minimum atomic E-state index is -0.595. The summed E-state index contributed by atoms with van der Waals surface area (Å²) in [6, 6.07) is 51.2. The normalized spacial score (nSPS) is 14.3. The number of allylic oxidation sites excluding steroid dienone is 3. The van der Waals surface area contributed by atoms with E-state index in [0.29, 0.717) is 0 Å². The smallest absolute Gasteiger partial charge is 0.0886 e. The van der Waals surface area contributed by atoms with Gasteiger partial charge in [0.15, 0.2) is 0 Å². The first-order chi connectivity index (χ1) is 18.7. The molecular formula is C37H29N. The molecule has 0 amide bonds. The van der Waals surface area contributed by atoms with Gasteiger partial charge in [-0.2, -0.15) is 0 Å². The molecule has 0 heterocycles. The number of hydrogen-bond acceptors (Lipinski definition) is 1. The van der Waals surface area contributed by atoms with Crippen LogP contribution in [0.25, 0.3) is 11.1 Å². The van der Waals surface area contributed by atoms with Crippen molar-refractivity contribution in [2.75, 3.05) is 0 Å². The van der Waals surface area contributed by atoms with Crippen molar-refractivity contribution in [3.05, 3.63) is 191 Å². The summed E-state index contributed by atoms with van der Waals surface area (Å²) in [5.41, 5.74) is 10.4. The summed E-state index contributed by atoms with van der Waals surface area (Å²) < 4.78 is 0. The van der Waals surface area contributed by atoms with E-state index in [1.165, 1.54) is 22.3 Å². The Kier molecular flexibility index (Phi) is 6.19. The van der Waals surface area contributed by atoms with Gasteiger partial charge in [0.1, 0.15) is 0 Å². The van der Waals surface area contributed by atoms with E-state index < -0.39 is 5.41 Å². The maximum absolute atomic E-state index is 5.53. The molecule has 38 heavy (non-hydrogen) atoms. The minimum absolute atomic E-state index is 0.595. The van der Waals surface area contributed by atoms with Crippen molar-refractivity contribution in [1.82, 2.24) is 0 Å². The van der Waals surface area contributed by atoms with Gasteiger partial charge in [-0.1, -0.05) is 152 Å². The average Bonchev–Trinajstić information content (AvgIpc) is 3.29. The van der Waals surface area contributed by atoms with E-state index in [2.05, 4.69) is 147 Å². The predicted molar refractivity (Wildman–Crippen MR) is 160 cm³/mol. The second-order valence-electron chi connectivity index (χ2n) is 9.66. The summed E-state index contributed by atoms with van der Waals surface area (Å²) in [5.74, 6) is 0. The highest BCUT2D eigenvalue weighted by Crippen LogP contribution is 2.57. The molecule has 1 nitrogen and oxygen atoms in total. The fourth-order valence-electron chi connectivity index (χ4n) is 5.74. The standard InChI is InChI=1S/C37H29N/c1-27(29-17-7-3-8-18-29)35-33-25-15-16-26-34(33)37(31-21-11-5-12-22-31,32-23-13-6-14-24-32)36(35)38-28(2)30-19-9-4-10-20-30/h3-26H,1H2,2H3/b38-28+. The number of benzene rings is 5. The molecule has 0 fully saturated rings.